The average Bonchev–Trinajstić information content (AvgIpc) is 3.15. The summed E-state index contributed by atoms with van der Waals surface area (Å²) in [6, 6.07) is 7.87. The van der Waals surface area contributed by atoms with Gasteiger partial charge in [-0.3, -0.25) is 9.59 Å². The average molecular weight is 355 g/mol. The third-order valence-electron chi connectivity index (χ3n) is 4.08. The predicted molar refractivity (Wildman–Crippen MR) is 99.4 cm³/mol. The number of aromatic nitrogens is 2. The van der Waals surface area contributed by atoms with E-state index in [1.54, 1.807) is 0 Å². The van der Waals surface area contributed by atoms with Gasteiger partial charge in [-0.1, -0.05) is 0 Å². The number of nitrogens with zero attached hydrogens (tertiary/aromatic N) is 3. The van der Waals surface area contributed by atoms with E-state index in [9.17, 15) is 9.59 Å². The molecule has 1 aliphatic heterocycles. The van der Waals surface area contributed by atoms with E-state index in [4.69, 9.17) is 11.5 Å². The topological polar surface area (TPSA) is 139 Å². The Hall–Kier alpha value is -3.36. The first kappa shape index (κ1) is 17.5. The molecule has 136 valence electrons. The van der Waals surface area contributed by atoms with Gasteiger partial charge in [0.2, 0.25) is 11.9 Å². The number of rotatable bonds is 7. The molecule has 0 aliphatic carbocycles. The predicted octanol–water partition coefficient (Wildman–Crippen LogP) is 0.816. The monoisotopic (exact) mass is 355 g/mol. The molecule has 1 fully saturated rings. The highest BCUT2D eigenvalue weighted by Crippen LogP contribution is 2.24. The summed E-state index contributed by atoms with van der Waals surface area (Å²) in [5, 5.41) is 5.76. The molecule has 1 aliphatic rings. The van der Waals surface area contributed by atoms with Crippen LogP contribution in [-0.4, -0.2) is 41.4 Å². The van der Waals surface area contributed by atoms with Crippen molar-refractivity contribution in [3.8, 4) is 0 Å². The van der Waals surface area contributed by atoms with E-state index in [2.05, 4.69) is 25.5 Å². The number of benzene rings is 1. The SMILES string of the molecule is NC(=O)CNc1ncc(C(N)=O)c(Nc2ccc(N3CCCC3)cc2)n1. The fraction of sp³-hybridized carbons (Fsp3) is 0.294. The number of carbonyl (C=O) groups is 2. The number of anilines is 4. The molecule has 0 spiro atoms. The zero-order chi connectivity index (χ0) is 18.5. The van der Waals surface area contributed by atoms with Crippen molar-refractivity contribution in [2.24, 2.45) is 11.5 Å². The first-order valence-electron chi connectivity index (χ1n) is 8.34. The van der Waals surface area contributed by atoms with Crippen LogP contribution in [-0.2, 0) is 4.79 Å². The van der Waals surface area contributed by atoms with Crippen molar-refractivity contribution in [2.75, 3.05) is 35.2 Å². The normalized spacial score (nSPS) is 13.5. The first-order chi connectivity index (χ1) is 12.5. The zero-order valence-electron chi connectivity index (χ0n) is 14.2. The summed E-state index contributed by atoms with van der Waals surface area (Å²) >= 11 is 0. The number of nitrogens with one attached hydrogen (secondary N) is 2. The van der Waals surface area contributed by atoms with Crippen LogP contribution >= 0.6 is 0 Å². The van der Waals surface area contributed by atoms with E-state index >= 15 is 0 Å². The fourth-order valence-electron chi connectivity index (χ4n) is 2.78. The minimum absolute atomic E-state index is 0.111. The smallest absolute Gasteiger partial charge is 0.254 e. The molecular weight excluding hydrogens is 334 g/mol. The lowest BCUT2D eigenvalue weighted by molar-refractivity contribution is -0.116. The van der Waals surface area contributed by atoms with Crippen molar-refractivity contribution in [1.29, 1.82) is 0 Å². The number of amides is 2. The quantitative estimate of drug-likeness (QED) is 0.576. The third-order valence-corrected chi connectivity index (χ3v) is 4.08. The number of nitrogens with two attached hydrogens (primary N) is 2. The second-order valence-electron chi connectivity index (χ2n) is 6.01. The van der Waals surface area contributed by atoms with Crippen LogP contribution in [0.3, 0.4) is 0 Å². The Morgan fingerprint density at radius 3 is 2.42 bits per heavy atom. The summed E-state index contributed by atoms with van der Waals surface area (Å²) in [7, 11) is 0. The number of hydrogen-bond acceptors (Lipinski definition) is 7. The first-order valence-corrected chi connectivity index (χ1v) is 8.34. The van der Waals surface area contributed by atoms with Gasteiger partial charge in [0.25, 0.3) is 5.91 Å². The third kappa shape index (κ3) is 4.18. The summed E-state index contributed by atoms with van der Waals surface area (Å²) < 4.78 is 0. The van der Waals surface area contributed by atoms with E-state index in [-0.39, 0.29) is 23.9 Å². The fourth-order valence-corrected chi connectivity index (χ4v) is 2.78. The lowest BCUT2D eigenvalue weighted by Gasteiger charge is -2.18. The summed E-state index contributed by atoms with van der Waals surface area (Å²) in [4.78, 5) is 33.0. The van der Waals surface area contributed by atoms with Crippen molar-refractivity contribution in [1.82, 2.24) is 9.97 Å². The van der Waals surface area contributed by atoms with Crippen LogP contribution in [0.2, 0.25) is 0 Å². The lowest BCUT2D eigenvalue weighted by Crippen LogP contribution is -2.23. The van der Waals surface area contributed by atoms with Crippen molar-refractivity contribution < 1.29 is 9.59 Å². The molecule has 0 atom stereocenters. The molecule has 0 radical (unpaired) electrons. The highest BCUT2D eigenvalue weighted by molar-refractivity contribution is 5.98. The van der Waals surface area contributed by atoms with Crippen LogP contribution in [0, 0.1) is 0 Å². The van der Waals surface area contributed by atoms with Crippen LogP contribution in [0.15, 0.2) is 30.5 Å². The Kier molecular flexibility index (Phi) is 5.16. The van der Waals surface area contributed by atoms with Crippen molar-refractivity contribution in [2.45, 2.75) is 12.8 Å². The van der Waals surface area contributed by atoms with Crippen LogP contribution in [0.4, 0.5) is 23.1 Å². The van der Waals surface area contributed by atoms with Crippen molar-refractivity contribution >= 4 is 35.0 Å². The van der Waals surface area contributed by atoms with E-state index in [0.29, 0.717) is 0 Å². The van der Waals surface area contributed by atoms with Crippen molar-refractivity contribution in [3.63, 3.8) is 0 Å². The van der Waals surface area contributed by atoms with Gasteiger partial charge in [0.1, 0.15) is 11.4 Å². The highest BCUT2D eigenvalue weighted by Gasteiger charge is 2.14. The summed E-state index contributed by atoms with van der Waals surface area (Å²) in [6.45, 7) is 2.03. The van der Waals surface area contributed by atoms with E-state index in [0.717, 1.165) is 24.5 Å². The van der Waals surface area contributed by atoms with E-state index in [1.807, 2.05) is 24.3 Å². The van der Waals surface area contributed by atoms with Gasteiger partial charge < -0.3 is 27.0 Å². The van der Waals surface area contributed by atoms with Gasteiger partial charge in [0.05, 0.1) is 6.54 Å². The Labute approximate surface area is 150 Å². The van der Waals surface area contributed by atoms with Gasteiger partial charge in [0.15, 0.2) is 0 Å². The minimum Gasteiger partial charge on any atom is -0.372 e. The Morgan fingerprint density at radius 2 is 1.81 bits per heavy atom. The maximum Gasteiger partial charge on any atom is 0.254 e. The van der Waals surface area contributed by atoms with Gasteiger partial charge in [-0.2, -0.15) is 4.98 Å². The van der Waals surface area contributed by atoms with Gasteiger partial charge in [-0.05, 0) is 37.1 Å². The molecule has 1 aromatic heterocycles. The molecule has 3 rings (SSSR count). The van der Waals surface area contributed by atoms with Gasteiger partial charge in [0, 0.05) is 30.7 Å². The van der Waals surface area contributed by atoms with Crippen LogP contribution < -0.4 is 27.0 Å². The molecule has 26 heavy (non-hydrogen) atoms. The molecule has 9 heteroatoms. The second-order valence-corrected chi connectivity index (χ2v) is 6.01. The van der Waals surface area contributed by atoms with Crippen LogP contribution in [0.1, 0.15) is 23.2 Å². The second kappa shape index (κ2) is 7.68. The minimum atomic E-state index is -0.650. The molecule has 2 heterocycles. The molecule has 0 saturated carbocycles. The van der Waals surface area contributed by atoms with E-state index < -0.39 is 11.8 Å². The van der Waals surface area contributed by atoms with Crippen LogP contribution in [0.5, 0.6) is 0 Å². The number of hydrogen-bond donors (Lipinski definition) is 4. The Bertz CT molecular complexity index is 801. The molecule has 0 unspecified atom stereocenters. The Balaban J connectivity index is 1.79. The summed E-state index contributed by atoms with van der Waals surface area (Å²) in [6.07, 6.45) is 3.73. The number of primary amides is 2. The maximum absolute atomic E-state index is 11.6. The van der Waals surface area contributed by atoms with Gasteiger partial charge in [-0.25, -0.2) is 4.98 Å². The summed E-state index contributed by atoms with van der Waals surface area (Å²) in [5.74, 6) is -0.763. The van der Waals surface area contributed by atoms with Crippen LogP contribution in [0.25, 0.3) is 0 Å². The molecule has 2 amide bonds. The van der Waals surface area contributed by atoms with Gasteiger partial charge in [-0.15, -0.1) is 0 Å². The van der Waals surface area contributed by atoms with Gasteiger partial charge >= 0.3 is 0 Å². The highest BCUT2D eigenvalue weighted by atomic mass is 16.1. The zero-order valence-corrected chi connectivity index (χ0v) is 14.2. The largest absolute Gasteiger partial charge is 0.372 e. The molecule has 2 aromatic rings. The molecule has 1 aromatic carbocycles. The molecule has 9 nitrogen and oxygen atoms in total. The molecule has 1 saturated heterocycles. The molecular formula is C17H21N7O2. The Morgan fingerprint density at radius 1 is 1.12 bits per heavy atom. The maximum atomic E-state index is 11.6. The number of carbonyl (C=O) groups excluding carboxylic acids is 2. The molecule has 6 N–H and O–H groups in total. The summed E-state index contributed by atoms with van der Waals surface area (Å²) in [5.41, 5.74) is 12.6. The van der Waals surface area contributed by atoms with E-state index in [1.165, 1.54) is 19.0 Å². The lowest BCUT2D eigenvalue weighted by atomic mass is 10.2. The molecule has 0 bridgehead atoms. The standard InChI is InChI=1S/C17H21N7O2/c18-14(25)10-21-17-20-9-13(15(19)26)16(23-17)22-11-3-5-12(6-4-11)24-7-1-2-8-24/h3-6,9H,1-2,7-8,10H2,(H2,18,25)(H2,19,26)(H2,20,21,22,23). The van der Waals surface area contributed by atoms with Crippen molar-refractivity contribution in [3.05, 3.63) is 36.0 Å².